The summed E-state index contributed by atoms with van der Waals surface area (Å²) in [6.07, 6.45) is 0. The number of anilines is 2. The maximum atomic E-state index is 12.4. The van der Waals surface area contributed by atoms with Crippen molar-refractivity contribution in [1.29, 1.82) is 0 Å². The predicted molar refractivity (Wildman–Crippen MR) is 98.1 cm³/mol. The van der Waals surface area contributed by atoms with E-state index in [1.54, 1.807) is 20.8 Å². The number of aromatic nitrogens is 2. The van der Waals surface area contributed by atoms with E-state index in [1.807, 2.05) is 31.2 Å². The summed E-state index contributed by atoms with van der Waals surface area (Å²) in [7, 11) is 0. The molecule has 0 fully saturated rings. The van der Waals surface area contributed by atoms with Crippen molar-refractivity contribution in [2.45, 2.75) is 27.7 Å². The zero-order chi connectivity index (χ0) is 18.7. The average Bonchev–Trinajstić information content (AvgIpc) is 2.93. The first-order valence-corrected chi connectivity index (χ1v) is 8.48. The molecular formula is C19H21N3O4. The fourth-order valence-corrected chi connectivity index (χ4v) is 2.70. The molecule has 0 amide bonds. The lowest BCUT2D eigenvalue weighted by Gasteiger charge is -2.09. The molecule has 2 aromatic heterocycles. The third kappa shape index (κ3) is 3.46. The summed E-state index contributed by atoms with van der Waals surface area (Å²) < 4.78 is 16.3. The van der Waals surface area contributed by atoms with Crippen molar-refractivity contribution in [1.82, 2.24) is 9.97 Å². The van der Waals surface area contributed by atoms with Crippen molar-refractivity contribution in [3.05, 3.63) is 41.4 Å². The second-order valence-corrected chi connectivity index (χ2v) is 5.64. The van der Waals surface area contributed by atoms with Gasteiger partial charge < -0.3 is 19.2 Å². The van der Waals surface area contributed by atoms with E-state index in [0.29, 0.717) is 40.7 Å². The van der Waals surface area contributed by atoms with Gasteiger partial charge in [-0.1, -0.05) is 0 Å². The van der Waals surface area contributed by atoms with Crippen molar-refractivity contribution in [2.75, 3.05) is 18.5 Å². The van der Waals surface area contributed by atoms with E-state index in [9.17, 15) is 4.79 Å². The molecule has 0 radical (unpaired) electrons. The van der Waals surface area contributed by atoms with Crippen molar-refractivity contribution in [2.24, 2.45) is 0 Å². The van der Waals surface area contributed by atoms with Crippen LogP contribution in [0.5, 0.6) is 5.75 Å². The molecule has 26 heavy (non-hydrogen) atoms. The quantitative estimate of drug-likeness (QED) is 0.664. The van der Waals surface area contributed by atoms with Gasteiger partial charge in [-0.3, -0.25) is 0 Å². The number of nitrogens with zero attached hydrogens (tertiary/aromatic N) is 2. The minimum atomic E-state index is -0.453. The van der Waals surface area contributed by atoms with Crippen LogP contribution in [0.4, 0.5) is 11.5 Å². The molecule has 0 atom stereocenters. The van der Waals surface area contributed by atoms with Gasteiger partial charge in [0.1, 0.15) is 28.7 Å². The van der Waals surface area contributed by atoms with Crippen LogP contribution in [0.15, 0.2) is 28.7 Å². The van der Waals surface area contributed by atoms with E-state index in [2.05, 4.69) is 15.3 Å². The van der Waals surface area contributed by atoms with Gasteiger partial charge in [0, 0.05) is 5.69 Å². The SMILES string of the molecule is CCOC(=O)c1c(C)oc2nc(C)nc(Nc3ccc(OCC)cc3)c12. The molecular weight excluding hydrogens is 334 g/mol. The molecule has 136 valence electrons. The molecule has 3 rings (SSSR count). The highest BCUT2D eigenvalue weighted by atomic mass is 16.5. The van der Waals surface area contributed by atoms with Gasteiger partial charge in [0.15, 0.2) is 0 Å². The molecule has 1 N–H and O–H groups in total. The van der Waals surface area contributed by atoms with E-state index in [-0.39, 0.29) is 6.61 Å². The Balaban J connectivity index is 2.05. The van der Waals surface area contributed by atoms with E-state index in [4.69, 9.17) is 13.9 Å². The van der Waals surface area contributed by atoms with Gasteiger partial charge in [-0.25, -0.2) is 9.78 Å². The highest BCUT2D eigenvalue weighted by molar-refractivity contribution is 6.08. The normalized spacial score (nSPS) is 10.8. The summed E-state index contributed by atoms with van der Waals surface area (Å²) in [5.74, 6) is 1.82. The Morgan fingerprint density at radius 2 is 1.85 bits per heavy atom. The minimum Gasteiger partial charge on any atom is -0.494 e. The van der Waals surface area contributed by atoms with Crippen LogP contribution < -0.4 is 10.1 Å². The predicted octanol–water partition coefficient (Wildman–Crippen LogP) is 4.16. The molecule has 7 nitrogen and oxygen atoms in total. The molecule has 0 unspecified atom stereocenters. The molecule has 3 aromatic rings. The van der Waals surface area contributed by atoms with Crippen LogP contribution in [0.1, 0.15) is 35.8 Å². The number of hydrogen-bond donors (Lipinski definition) is 1. The Morgan fingerprint density at radius 3 is 2.50 bits per heavy atom. The molecule has 0 bridgehead atoms. The first-order valence-electron chi connectivity index (χ1n) is 8.48. The third-order valence-electron chi connectivity index (χ3n) is 3.75. The number of carbonyl (C=O) groups is 1. The fraction of sp³-hybridized carbons (Fsp3) is 0.316. The molecule has 0 aliphatic carbocycles. The van der Waals surface area contributed by atoms with Gasteiger partial charge >= 0.3 is 5.97 Å². The first kappa shape index (κ1) is 17.7. The number of furan rings is 1. The molecule has 0 aliphatic rings. The zero-order valence-corrected chi connectivity index (χ0v) is 15.3. The standard InChI is InChI=1S/C19H21N3O4/c1-5-24-14-9-7-13(8-10-14)22-17-16-15(19(23)25-6-2)11(3)26-18(16)21-12(4)20-17/h7-10H,5-6H2,1-4H3,(H,20,21,22). The highest BCUT2D eigenvalue weighted by Gasteiger charge is 2.24. The van der Waals surface area contributed by atoms with E-state index >= 15 is 0 Å². The lowest BCUT2D eigenvalue weighted by atomic mass is 10.1. The van der Waals surface area contributed by atoms with Crippen molar-refractivity contribution >= 4 is 28.6 Å². The monoisotopic (exact) mass is 355 g/mol. The second kappa shape index (κ2) is 7.43. The van der Waals surface area contributed by atoms with Crippen molar-refractivity contribution in [3.63, 3.8) is 0 Å². The number of rotatable bonds is 6. The molecule has 0 saturated carbocycles. The summed E-state index contributed by atoms with van der Waals surface area (Å²) >= 11 is 0. The second-order valence-electron chi connectivity index (χ2n) is 5.64. The Hall–Kier alpha value is -3.09. The van der Waals surface area contributed by atoms with Gasteiger partial charge in [-0.2, -0.15) is 4.98 Å². The topological polar surface area (TPSA) is 86.5 Å². The summed E-state index contributed by atoms with van der Waals surface area (Å²) in [5, 5.41) is 3.75. The molecule has 1 aromatic carbocycles. The number of hydrogen-bond acceptors (Lipinski definition) is 7. The van der Waals surface area contributed by atoms with Crippen LogP contribution in [-0.2, 0) is 4.74 Å². The summed E-state index contributed by atoms with van der Waals surface area (Å²) in [4.78, 5) is 21.1. The first-order chi connectivity index (χ1) is 12.5. The largest absolute Gasteiger partial charge is 0.494 e. The van der Waals surface area contributed by atoms with E-state index in [1.165, 1.54) is 0 Å². The lowest BCUT2D eigenvalue weighted by Crippen LogP contribution is -2.07. The number of carbonyl (C=O) groups excluding carboxylic acids is 1. The maximum absolute atomic E-state index is 12.4. The van der Waals surface area contributed by atoms with Gasteiger partial charge in [0.05, 0.1) is 18.6 Å². The van der Waals surface area contributed by atoms with Gasteiger partial charge in [-0.05, 0) is 52.0 Å². The minimum absolute atomic E-state index is 0.277. The number of benzene rings is 1. The zero-order valence-electron chi connectivity index (χ0n) is 15.3. The Kier molecular flexibility index (Phi) is 5.06. The van der Waals surface area contributed by atoms with E-state index < -0.39 is 5.97 Å². The number of esters is 1. The number of nitrogens with one attached hydrogen (secondary N) is 1. The number of aryl methyl sites for hydroxylation is 2. The average molecular weight is 355 g/mol. The molecule has 0 spiro atoms. The van der Waals surface area contributed by atoms with Crippen LogP contribution >= 0.6 is 0 Å². The van der Waals surface area contributed by atoms with Crippen LogP contribution in [0, 0.1) is 13.8 Å². The van der Waals surface area contributed by atoms with E-state index in [0.717, 1.165) is 11.4 Å². The van der Waals surface area contributed by atoms with Crippen molar-refractivity contribution < 1.29 is 18.7 Å². The maximum Gasteiger partial charge on any atom is 0.342 e. The molecule has 2 heterocycles. The number of ether oxygens (including phenoxy) is 2. The molecule has 7 heteroatoms. The molecule has 0 aliphatic heterocycles. The van der Waals surface area contributed by atoms with Crippen molar-refractivity contribution in [3.8, 4) is 5.75 Å². The van der Waals surface area contributed by atoms with Crippen LogP contribution in [0.2, 0.25) is 0 Å². The number of fused-ring (bicyclic) bond motifs is 1. The third-order valence-corrected chi connectivity index (χ3v) is 3.75. The van der Waals surface area contributed by atoms with Crippen LogP contribution in [-0.4, -0.2) is 29.2 Å². The van der Waals surface area contributed by atoms with Gasteiger partial charge in [0.2, 0.25) is 5.71 Å². The summed E-state index contributed by atoms with van der Waals surface area (Å²) in [6, 6.07) is 7.49. The molecule has 0 saturated heterocycles. The Labute approximate surface area is 151 Å². The Morgan fingerprint density at radius 1 is 1.12 bits per heavy atom. The smallest absolute Gasteiger partial charge is 0.342 e. The lowest BCUT2D eigenvalue weighted by molar-refractivity contribution is 0.0526. The summed E-state index contributed by atoms with van der Waals surface area (Å²) in [6.45, 7) is 8.06. The van der Waals surface area contributed by atoms with Gasteiger partial charge in [0.25, 0.3) is 0 Å². The van der Waals surface area contributed by atoms with Gasteiger partial charge in [-0.15, -0.1) is 0 Å². The fourth-order valence-electron chi connectivity index (χ4n) is 2.70. The summed E-state index contributed by atoms with van der Waals surface area (Å²) in [5.41, 5.74) is 1.50. The Bertz CT molecular complexity index is 932. The highest BCUT2D eigenvalue weighted by Crippen LogP contribution is 2.32. The van der Waals surface area contributed by atoms with Crippen LogP contribution in [0.3, 0.4) is 0 Å². The van der Waals surface area contributed by atoms with Crippen LogP contribution in [0.25, 0.3) is 11.1 Å².